The van der Waals surface area contributed by atoms with Gasteiger partial charge >= 0.3 is 0 Å². The number of aliphatic hydroxyl groups is 1. The lowest BCUT2D eigenvalue weighted by molar-refractivity contribution is 0.311. The van der Waals surface area contributed by atoms with Crippen molar-refractivity contribution in [3.05, 3.63) is 17.5 Å². The Morgan fingerprint density at radius 1 is 1.26 bits per heavy atom. The van der Waals surface area contributed by atoms with Crippen LogP contribution in [0.1, 0.15) is 25.3 Å². The first-order valence-corrected chi connectivity index (χ1v) is 7.48. The summed E-state index contributed by atoms with van der Waals surface area (Å²) in [5.74, 6) is 2.16. The van der Waals surface area contributed by atoms with Gasteiger partial charge in [-0.1, -0.05) is 5.16 Å². The summed E-state index contributed by atoms with van der Waals surface area (Å²) in [5, 5.41) is 19.0. The molecule has 2 heterocycles. The van der Waals surface area contributed by atoms with E-state index < -0.39 is 0 Å². The average molecular weight is 321 g/mol. The zero-order valence-corrected chi connectivity index (χ0v) is 13.9. The highest BCUT2D eigenvalue weighted by atomic mass is 16.5. The molecule has 0 radical (unpaired) electrons. The second-order valence-corrected chi connectivity index (χ2v) is 5.52. The number of nitrogens with one attached hydrogen (secondary N) is 2. The van der Waals surface area contributed by atoms with Crippen molar-refractivity contribution in [3.63, 3.8) is 0 Å². The van der Waals surface area contributed by atoms with Gasteiger partial charge in [-0.2, -0.15) is 15.0 Å². The van der Waals surface area contributed by atoms with Crippen molar-refractivity contribution < 1.29 is 9.63 Å². The zero-order valence-electron chi connectivity index (χ0n) is 13.9. The van der Waals surface area contributed by atoms with Gasteiger partial charge in [-0.05, 0) is 20.8 Å². The third-order valence-corrected chi connectivity index (χ3v) is 2.85. The summed E-state index contributed by atoms with van der Waals surface area (Å²) in [6, 6.07) is 2.06. The number of rotatable bonds is 8. The lowest BCUT2D eigenvalue weighted by Gasteiger charge is -2.18. The van der Waals surface area contributed by atoms with Gasteiger partial charge in [0.15, 0.2) is 0 Å². The Kier molecular flexibility index (Phi) is 5.69. The molecule has 0 saturated carbocycles. The van der Waals surface area contributed by atoms with Gasteiger partial charge in [0.05, 0.1) is 13.2 Å². The Balaban J connectivity index is 2.20. The van der Waals surface area contributed by atoms with E-state index in [0.29, 0.717) is 30.9 Å². The van der Waals surface area contributed by atoms with E-state index in [1.165, 1.54) is 0 Å². The summed E-state index contributed by atoms with van der Waals surface area (Å²) in [4.78, 5) is 14.9. The number of aromatic nitrogens is 4. The van der Waals surface area contributed by atoms with E-state index in [1.54, 1.807) is 0 Å². The van der Waals surface area contributed by atoms with E-state index in [9.17, 15) is 0 Å². The smallest absolute Gasteiger partial charge is 0.232 e. The third-order valence-electron chi connectivity index (χ3n) is 2.85. The lowest BCUT2D eigenvalue weighted by Crippen LogP contribution is -2.23. The molecule has 9 heteroatoms. The van der Waals surface area contributed by atoms with Crippen LogP contribution in [0.5, 0.6) is 0 Å². The fourth-order valence-corrected chi connectivity index (χ4v) is 1.91. The molecule has 0 saturated heterocycles. The van der Waals surface area contributed by atoms with Gasteiger partial charge in [-0.25, -0.2) is 0 Å². The van der Waals surface area contributed by atoms with Gasteiger partial charge in [-0.3, -0.25) is 0 Å². The summed E-state index contributed by atoms with van der Waals surface area (Å²) in [5.41, 5.74) is 0.800. The Bertz CT molecular complexity index is 629. The van der Waals surface area contributed by atoms with E-state index in [1.807, 2.05) is 38.8 Å². The van der Waals surface area contributed by atoms with Crippen molar-refractivity contribution in [3.8, 4) is 0 Å². The maximum Gasteiger partial charge on any atom is 0.232 e. The minimum Gasteiger partial charge on any atom is -0.395 e. The van der Waals surface area contributed by atoms with Crippen molar-refractivity contribution in [1.82, 2.24) is 20.1 Å². The Morgan fingerprint density at radius 3 is 2.61 bits per heavy atom. The van der Waals surface area contributed by atoms with Crippen LogP contribution in [0.3, 0.4) is 0 Å². The molecule has 0 aromatic carbocycles. The standard InChI is InChI=1S/C14H23N7O2/c1-9(2)16-13-17-12(15-5-6-22)18-14(19-13)21(4)8-11-7-10(3)23-20-11/h7,9,22H,5-6,8H2,1-4H3,(H2,15,16,17,18,19). The summed E-state index contributed by atoms with van der Waals surface area (Å²) in [6.45, 7) is 6.75. The first kappa shape index (κ1) is 16.9. The largest absolute Gasteiger partial charge is 0.395 e. The van der Waals surface area contributed by atoms with Crippen molar-refractivity contribution in [2.45, 2.75) is 33.4 Å². The predicted molar refractivity (Wildman–Crippen MR) is 87.5 cm³/mol. The minimum absolute atomic E-state index is 0.00200. The molecule has 0 fully saturated rings. The van der Waals surface area contributed by atoms with Gasteiger partial charge in [0.1, 0.15) is 11.5 Å². The summed E-state index contributed by atoms with van der Waals surface area (Å²) in [6.07, 6.45) is 0. The van der Waals surface area contributed by atoms with Crippen molar-refractivity contribution in [2.75, 3.05) is 35.7 Å². The molecule has 0 amide bonds. The number of hydrogen-bond acceptors (Lipinski definition) is 9. The molecule has 126 valence electrons. The fourth-order valence-electron chi connectivity index (χ4n) is 1.91. The number of nitrogens with zero attached hydrogens (tertiary/aromatic N) is 5. The van der Waals surface area contributed by atoms with E-state index in [2.05, 4.69) is 30.7 Å². The molecular formula is C14H23N7O2. The minimum atomic E-state index is 0.00200. The summed E-state index contributed by atoms with van der Waals surface area (Å²) < 4.78 is 5.07. The monoisotopic (exact) mass is 321 g/mol. The van der Waals surface area contributed by atoms with Gasteiger partial charge in [0, 0.05) is 25.7 Å². The second-order valence-electron chi connectivity index (χ2n) is 5.52. The maximum absolute atomic E-state index is 8.94. The van der Waals surface area contributed by atoms with Crippen LogP contribution in [0.15, 0.2) is 10.6 Å². The zero-order chi connectivity index (χ0) is 16.8. The fraction of sp³-hybridized carbons (Fsp3) is 0.571. The number of aryl methyl sites for hydroxylation is 1. The van der Waals surface area contributed by atoms with Crippen LogP contribution in [0, 0.1) is 6.92 Å². The average Bonchev–Trinajstić information content (AvgIpc) is 2.89. The summed E-state index contributed by atoms with van der Waals surface area (Å²) in [7, 11) is 1.87. The number of hydrogen-bond donors (Lipinski definition) is 3. The third kappa shape index (κ3) is 5.06. The normalized spacial score (nSPS) is 10.9. The van der Waals surface area contributed by atoms with Crippen LogP contribution < -0.4 is 15.5 Å². The SMILES string of the molecule is Cc1cc(CN(C)c2nc(NCCO)nc(NC(C)C)n2)no1. The number of anilines is 3. The Morgan fingerprint density at radius 2 is 2.00 bits per heavy atom. The summed E-state index contributed by atoms with van der Waals surface area (Å²) >= 11 is 0. The molecule has 0 aliphatic heterocycles. The molecule has 0 atom stereocenters. The highest BCUT2D eigenvalue weighted by Gasteiger charge is 2.13. The second kappa shape index (κ2) is 7.73. The Labute approximate surface area is 135 Å². The maximum atomic E-state index is 8.94. The van der Waals surface area contributed by atoms with Crippen LogP contribution in [-0.4, -0.2) is 51.5 Å². The van der Waals surface area contributed by atoms with Crippen LogP contribution in [0.4, 0.5) is 17.8 Å². The number of aliphatic hydroxyl groups excluding tert-OH is 1. The molecule has 9 nitrogen and oxygen atoms in total. The molecule has 2 rings (SSSR count). The molecule has 3 N–H and O–H groups in total. The molecule has 0 bridgehead atoms. The topological polar surface area (TPSA) is 112 Å². The predicted octanol–water partition coefficient (Wildman–Crippen LogP) is 1.03. The quantitative estimate of drug-likeness (QED) is 0.656. The highest BCUT2D eigenvalue weighted by Crippen LogP contribution is 2.15. The van der Waals surface area contributed by atoms with Gasteiger partial charge < -0.3 is 25.2 Å². The van der Waals surface area contributed by atoms with E-state index >= 15 is 0 Å². The molecule has 0 spiro atoms. The first-order chi connectivity index (χ1) is 11.0. The Hall–Kier alpha value is -2.42. The van der Waals surface area contributed by atoms with E-state index in [4.69, 9.17) is 9.63 Å². The molecule has 0 aliphatic rings. The van der Waals surface area contributed by atoms with Crippen LogP contribution >= 0.6 is 0 Å². The molecule has 2 aromatic rings. The van der Waals surface area contributed by atoms with E-state index in [0.717, 1.165) is 11.5 Å². The van der Waals surface area contributed by atoms with Crippen molar-refractivity contribution in [1.29, 1.82) is 0 Å². The van der Waals surface area contributed by atoms with Crippen molar-refractivity contribution in [2.24, 2.45) is 0 Å². The van der Waals surface area contributed by atoms with Gasteiger partial charge in [0.25, 0.3) is 0 Å². The molecular weight excluding hydrogens is 298 g/mol. The van der Waals surface area contributed by atoms with Crippen LogP contribution in [0.25, 0.3) is 0 Å². The highest BCUT2D eigenvalue weighted by molar-refractivity contribution is 5.43. The lowest BCUT2D eigenvalue weighted by atomic mass is 10.3. The molecule has 0 aliphatic carbocycles. The molecule has 0 unspecified atom stereocenters. The van der Waals surface area contributed by atoms with Gasteiger partial charge in [0.2, 0.25) is 17.8 Å². The molecule has 23 heavy (non-hydrogen) atoms. The van der Waals surface area contributed by atoms with Gasteiger partial charge in [-0.15, -0.1) is 0 Å². The first-order valence-electron chi connectivity index (χ1n) is 7.48. The van der Waals surface area contributed by atoms with Crippen molar-refractivity contribution >= 4 is 17.8 Å². The van der Waals surface area contributed by atoms with Crippen LogP contribution in [-0.2, 0) is 6.54 Å². The van der Waals surface area contributed by atoms with E-state index in [-0.39, 0.29) is 12.6 Å². The van der Waals surface area contributed by atoms with Crippen LogP contribution in [0.2, 0.25) is 0 Å². The molecule has 2 aromatic heterocycles.